The van der Waals surface area contributed by atoms with E-state index in [1.54, 1.807) is 6.07 Å². The van der Waals surface area contributed by atoms with Crippen LogP contribution in [0.1, 0.15) is 37.8 Å². The third-order valence-electron chi connectivity index (χ3n) is 3.47. The van der Waals surface area contributed by atoms with Gasteiger partial charge in [-0.3, -0.25) is 4.79 Å². The van der Waals surface area contributed by atoms with Crippen LogP contribution in [0.5, 0.6) is 11.5 Å². The Morgan fingerprint density at radius 1 is 1.33 bits per heavy atom. The standard InChI is InChI=1S/C15H21ClN2O3/c1-9(6-15(18)19)5-12(17)10-7-13-14(8-11(10)16)21-4-2-3-20-13/h7-9,12H,2-6,17H2,1H3,(H2,18,19). The van der Waals surface area contributed by atoms with Gasteiger partial charge < -0.3 is 20.9 Å². The summed E-state index contributed by atoms with van der Waals surface area (Å²) in [5.41, 5.74) is 12.2. The molecule has 0 aromatic heterocycles. The van der Waals surface area contributed by atoms with Gasteiger partial charge >= 0.3 is 0 Å². The van der Waals surface area contributed by atoms with E-state index in [9.17, 15) is 4.79 Å². The van der Waals surface area contributed by atoms with E-state index in [2.05, 4.69) is 0 Å². The average molecular weight is 313 g/mol. The van der Waals surface area contributed by atoms with Gasteiger partial charge in [0.15, 0.2) is 11.5 Å². The quantitative estimate of drug-likeness (QED) is 0.874. The molecule has 0 saturated carbocycles. The van der Waals surface area contributed by atoms with E-state index in [-0.39, 0.29) is 17.9 Å². The monoisotopic (exact) mass is 312 g/mol. The molecule has 116 valence electrons. The summed E-state index contributed by atoms with van der Waals surface area (Å²) in [6.07, 6.45) is 1.78. The highest BCUT2D eigenvalue weighted by molar-refractivity contribution is 6.31. The number of nitrogens with two attached hydrogens (primary N) is 2. The van der Waals surface area contributed by atoms with Gasteiger partial charge in [-0.05, 0) is 24.0 Å². The van der Waals surface area contributed by atoms with Gasteiger partial charge in [-0.1, -0.05) is 18.5 Å². The third kappa shape index (κ3) is 4.25. The number of halogens is 1. The molecule has 1 amide bonds. The highest BCUT2D eigenvalue weighted by atomic mass is 35.5. The minimum atomic E-state index is -0.320. The van der Waals surface area contributed by atoms with Crippen LogP contribution in [0, 0.1) is 5.92 Å². The molecule has 5 nitrogen and oxygen atoms in total. The lowest BCUT2D eigenvalue weighted by Gasteiger charge is -2.19. The number of carbonyl (C=O) groups is 1. The lowest BCUT2D eigenvalue weighted by Crippen LogP contribution is -2.19. The Bertz CT molecular complexity index is 522. The zero-order valence-electron chi connectivity index (χ0n) is 12.1. The number of primary amides is 1. The fraction of sp³-hybridized carbons (Fsp3) is 0.533. The van der Waals surface area contributed by atoms with Crippen LogP contribution >= 0.6 is 11.6 Å². The van der Waals surface area contributed by atoms with E-state index >= 15 is 0 Å². The fourth-order valence-corrected chi connectivity index (χ4v) is 2.76. The zero-order valence-corrected chi connectivity index (χ0v) is 12.9. The van der Waals surface area contributed by atoms with Crippen molar-refractivity contribution in [2.24, 2.45) is 17.4 Å². The van der Waals surface area contributed by atoms with E-state index in [1.807, 2.05) is 13.0 Å². The molecule has 2 atom stereocenters. The average Bonchev–Trinajstić information content (AvgIpc) is 2.61. The maximum absolute atomic E-state index is 10.9. The third-order valence-corrected chi connectivity index (χ3v) is 3.80. The van der Waals surface area contributed by atoms with Gasteiger partial charge in [0.1, 0.15) is 0 Å². The molecule has 0 spiro atoms. The number of amides is 1. The van der Waals surface area contributed by atoms with Crippen molar-refractivity contribution in [1.82, 2.24) is 0 Å². The van der Waals surface area contributed by atoms with Crippen LogP contribution in [0.4, 0.5) is 0 Å². The van der Waals surface area contributed by atoms with E-state index < -0.39 is 0 Å². The van der Waals surface area contributed by atoms with Gasteiger partial charge in [-0.25, -0.2) is 0 Å². The second kappa shape index (κ2) is 7.00. The van der Waals surface area contributed by atoms with Gasteiger partial charge in [0, 0.05) is 30.0 Å². The minimum absolute atomic E-state index is 0.101. The van der Waals surface area contributed by atoms with E-state index in [0.29, 0.717) is 42.6 Å². The molecule has 0 bridgehead atoms. The van der Waals surface area contributed by atoms with Gasteiger partial charge in [0.2, 0.25) is 5.91 Å². The van der Waals surface area contributed by atoms with Crippen LogP contribution in [0.15, 0.2) is 12.1 Å². The lowest BCUT2D eigenvalue weighted by molar-refractivity contribution is -0.118. The summed E-state index contributed by atoms with van der Waals surface area (Å²) in [5, 5.41) is 0.554. The van der Waals surface area contributed by atoms with Crippen LogP contribution in [-0.4, -0.2) is 19.1 Å². The predicted molar refractivity (Wildman–Crippen MR) is 81.6 cm³/mol. The molecule has 21 heavy (non-hydrogen) atoms. The van der Waals surface area contributed by atoms with Crippen molar-refractivity contribution < 1.29 is 14.3 Å². The van der Waals surface area contributed by atoms with Gasteiger partial charge in [-0.2, -0.15) is 0 Å². The number of benzene rings is 1. The maximum atomic E-state index is 10.9. The first-order valence-corrected chi connectivity index (χ1v) is 7.48. The highest BCUT2D eigenvalue weighted by Crippen LogP contribution is 2.38. The topological polar surface area (TPSA) is 87.6 Å². The summed E-state index contributed by atoms with van der Waals surface area (Å²) in [6.45, 7) is 3.17. The van der Waals surface area contributed by atoms with Crippen LogP contribution in [0.25, 0.3) is 0 Å². The summed E-state index contributed by atoms with van der Waals surface area (Å²) in [7, 11) is 0. The Kier molecular flexibility index (Phi) is 5.31. The van der Waals surface area contributed by atoms with Crippen molar-refractivity contribution in [3.05, 3.63) is 22.7 Å². The van der Waals surface area contributed by atoms with Crippen LogP contribution in [-0.2, 0) is 4.79 Å². The molecule has 0 aliphatic carbocycles. The first-order valence-electron chi connectivity index (χ1n) is 7.10. The van der Waals surface area contributed by atoms with Crippen LogP contribution in [0.3, 0.4) is 0 Å². The van der Waals surface area contributed by atoms with E-state index in [4.69, 9.17) is 32.5 Å². The molecule has 0 radical (unpaired) electrons. The number of fused-ring (bicyclic) bond motifs is 1. The molecule has 1 aliphatic rings. The van der Waals surface area contributed by atoms with Crippen molar-refractivity contribution in [2.75, 3.05) is 13.2 Å². The fourth-order valence-electron chi connectivity index (χ4n) is 2.47. The zero-order chi connectivity index (χ0) is 15.4. The predicted octanol–water partition coefficient (Wildman–Crippen LogP) is 2.40. The number of hydrogen-bond donors (Lipinski definition) is 2. The molecule has 0 fully saturated rings. The summed E-state index contributed by atoms with van der Waals surface area (Å²) in [4.78, 5) is 10.9. The SMILES string of the molecule is CC(CC(N)=O)CC(N)c1cc2c(cc1Cl)OCCCO2. The van der Waals surface area contributed by atoms with Gasteiger partial charge in [0.05, 0.1) is 13.2 Å². The molecule has 4 N–H and O–H groups in total. The van der Waals surface area contributed by atoms with Crippen LogP contribution < -0.4 is 20.9 Å². The Morgan fingerprint density at radius 2 is 1.95 bits per heavy atom. The second-order valence-corrected chi connectivity index (χ2v) is 5.90. The number of carbonyl (C=O) groups excluding carboxylic acids is 1. The molecular weight excluding hydrogens is 292 g/mol. The Morgan fingerprint density at radius 3 is 2.57 bits per heavy atom. The summed E-state index contributed by atoms with van der Waals surface area (Å²) >= 11 is 6.29. The molecule has 2 unspecified atom stereocenters. The molecule has 0 saturated heterocycles. The summed E-state index contributed by atoms with van der Waals surface area (Å²) in [6, 6.07) is 3.31. The van der Waals surface area contributed by atoms with Gasteiger partial charge in [0.25, 0.3) is 0 Å². The summed E-state index contributed by atoms with van der Waals surface area (Å²) < 4.78 is 11.2. The molecule has 2 rings (SSSR count). The Hall–Kier alpha value is -1.46. The second-order valence-electron chi connectivity index (χ2n) is 5.49. The molecule has 1 aromatic carbocycles. The van der Waals surface area contributed by atoms with Crippen molar-refractivity contribution in [3.63, 3.8) is 0 Å². The number of hydrogen-bond acceptors (Lipinski definition) is 4. The highest BCUT2D eigenvalue weighted by Gasteiger charge is 2.20. The summed E-state index contributed by atoms with van der Waals surface area (Å²) in [5.74, 6) is 1.10. The molecule has 1 aromatic rings. The smallest absolute Gasteiger partial charge is 0.217 e. The minimum Gasteiger partial charge on any atom is -0.490 e. The Labute approximate surface area is 129 Å². The molecule has 1 aliphatic heterocycles. The van der Waals surface area contributed by atoms with Crippen molar-refractivity contribution >= 4 is 17.5 Å². The largest absolute Gasteiger partial charge is 0.490 e. The van der Waals surface area contributed by atoms with Crippen molar-refractivity contribution in [2.45, 2.75) is 32.2 Å². The van der Waals surface area contributed by atoms with E-state index in [1.165, 1.54) is 0 Å². The van der Waals surface area contributed by atoms with Gasteiger partial charge in [-0.15, -0.1) is 0 Å². The molecule has 1 heterocycles. The van der Waals surface area contributed by atoms with Crippen LogP contribution in [0.2, 0.25) is 5.02 Å². The van der Waals surface area contributed by atoms with Crippen molar-refractivity contribution in [3.8, 4) is 11.5 Å². The first kappa shape index (κ1) is 15.9. The first-order chi connectivity index (χ1) is 9.97. The Balaban J connectivity index is 2.15. The van der Waals surface area contributed by atoms with Crippen molar-refractivity contribution in [1.29, 1.82) is 0 Å². The molecular formula is C15H21ClN2O3. The number of rotatable bonds is 5. The number of ether oxygens (including phenoxy) is 2. The lowest BCUT2D eigenvalue weighted by atomic mass is 9.94. The maximum Gasteiger partial charge on any atom is 0.217 e. The normalized spacial score (nSPS) is 16.9. The van der Waals surface area contributed by atoms with E-state index in [0.717, 1.165) is 12.0 Å². The molecule has 6 heteroatoms.